The number of nitrogens with two attached hydrogens (primary N) is 2. The molecule has 44 heavy (non-hydrogen) atoms. The van der Waals surface area contributed by atoms with Gasteiger partial charge < -0.3 is 56.3 Å². The molecule has 0 aliphatic carbocycles. The van der Waals surface area contributed by atoms with Gasteiger partial charge in [0.25, 0.3) is 5.91 Å². The second kappa shape index (κ2) is 12.0. The number of fused-ring (bicyclic) bond motifs is 1. The number of ether oxygens (including phenoxy) is 2. The average Bonchev–Trinajstić information content (AvgIpc) is 3.68. The van der Waals surface area contributed by atoms with Crippen molar-refractivity contribution in [3.8, 4) is 5.75 Å². The van der Waals surface area contributed by atoms with Crippen LogP contribution in [0.4, 0.5) is 5.82 Å². The normalized spacial score (nSPS) is 31.7. The van der Waals surface area contributed by atoms with E-state index in [0.717, 1.165) is 6.33 Å². The molecule has 2 saturated heterocycles. The summed E-state index contributed by atoms with van der Waals surface area (Å²) in [6.07, 6.45) is -10.4. The van der Waals surface area contributed by atoms with Crippen LogP contribution in [-0.4, -0.2) is 121 Å². The fraction of sp³-hybridized carbons (Fsp3) is 0.526. The highest BCUT2D eigenvalue weighted by atomic mass is 31.3. The molecule has 1 amide bonds. The first-order valence-electron chi connectivity index (χ1n) is 12.3. The molecule has 10 atom stereocenters. The third-order valence-corrected chi connectivity index (χ3v) is 9.26. The van der Waals surface area contributed by atoms with Gasteiger partial charge in [-0.1, -0.05) is 0 Å². The van der Waals surface area contributed by atoms with Crippen LogP contribution in [0.3, 0.4) is 0 Å². The summed E-state index contributed by atoms with van der Waals surface area (Å²) in [6, 6.07) is 0. The molecule has 2 aliphatic rings. The Kier molecular flexibility index (Phi) is 8.78. The van der Waals surface area contributed by atoms with Crippen LogP contribution in [0.1, 0.15) is 28.5 Å². The minimum absolute atomic E-state index is 0.0384. The number of imidazole rings is 1. The lowest BCUT2D eigenvalue weighted by atomic mass is 10.1. The monoisotopic (exact) mass is 668 g/mol. The van der Waals surface area contributed by atoms with Crippen molar-refractivity contribution in [3.63, 3.8) is 0 Å². The number of nitrogen functional groups attached to an aromatic ring is 1. The van der Waals surface area contributed by atoms with Gasteiger partial charge in [-0.3, -0.25) is 23.5 Å². The number of aromatic nitrogens is 6. The van der Waals surface area contributed by atoms with Gasteiger partial charge in [0.2, 0.25) is 0 Å². The molecular weight excluding hydrogens is 642 g/mol. The van der Waals surface area contributed by atoms with E-state index in [9.17, 15) is 49.2 Å². The molecule has 0 bridgehead atoms. The maximum absolute atomic E-state index is 12.4. The van der Waals surface area contributed by atoms with Gasteiger partial charge in [0.1, 0.15) is 60.3 Å². The lowest BCUT2D eigenvalue weighted by molar-refractivity contribution is -0.0507. The summed E-state index contributed by atoms with van der Waals surface area (Å²) in [5.41, 5.74) is 10.2. The highest BCUT2D eigenvalue weighted by molar-refractivity contribution is 7.61. The minimum atomic E-state index is -5.43. The predicted molar refractivity (Wildman–Crippen MR) is 137 cm³/mol. The van der Waals surface area contributed by atoms with Crippen molar-refractivity contribution in [1.82, 2.24) is 29.7 Å². The lowest BCUT2D eigenvalue weighted by Gasteiger charge is -2.20. The van der Waals surface area contributed by atoms with Crippen molar-refractivity contribution in [2.24, 2.45) is 5.73 Å². The molecule has 0 spiro atoms. The van der Waals surface area contributed by atoms with Gasteiger partial charge in [-0.05, 0) is 0 Å². The smallest absolute Gasteiger partial charge is 0.481 e. The van der Waals surface area contributed by atoms with Gasteiger partial charge in [-0.2, -0.15) is 9.41 Å². The van der Waals surface area contributed by atoms with Gasteiger partial charge in [0.05, 0.1) is 19.5 Å². The number of hydrogen-bond acceptors (Lipinski definition) is 18. The SMILES string of the molecule is NC(=O)c1[nH]nc(C2O[C@@H](COP(=O)(O)OP(=O)(O)OC[C@H]3OC(n4cnc5c(N)ncnc54)[C@H](O)[C@@H]3O)[C@H](O)[C@@H]2O)c1O. The molecule has 5 heterocycles. The van der Waals surface area contributed by atoms with Crippen LogP contribution in [0.5, 0.6) is 5.75 Å². The van der Waals surface area contributed by atoms with Crippen molar-refractivity contribution in [1.29, 1.82) is 0 Å². The number of amides is 1. The fourth-order valence-corrected chi connectivity index (χ4v) is 6.59. The van der Waals surface area contributed by atoms with Gasteiger partial charge in [0, 0.05) is 0 Å². The first-order chi connectivity index (χ1) is 20.6. The van der Waals surface area contributed by atoms with Crippen LogP contribution >= 0.6 is 15.6 Å². The molecule has 0 radical (unpaired) electrons. The highest BCUT2D eigenvalue weighted by Gasteiger charge is 2.49. The van der Waals surface area contributed by atoms with Crippen LogP contribution in [-0.2, 0) is 32.0 Å². The Morgan fingerprint density at radius 1 is 0.977 bits per heavy atom. The zero-order chi connectivity index (χ0) is 32.1. The largest absolute Gasteiger partial charge is 0.504 e. The Morgan fingerprint density at radius 3 is 2.20 bits per heavy atom. The molecule has 2 fully saturated rings. The van der Waals surface area contributed by atoms with Crippen LogP contribution in [0.25, 0.3) is 11.2 Å². The fourth-order valence-electron chi connectivity index (χ4n) is 4.50. The zero-order valence-electron chi connectivity index (χ0n) is 21.9. The quantitative estimate of drug-likeness (QED) is 0.0893. The summed E-state index contributed by atoms with van der Waals surface area (Å²) in [5, 5.41) is 57.2. The minimum Gasteiger partial charge on any atom is -0.504 e. The Balaban J connectivity index is 1.16. The van der Waals surface area contributed by atoms with Crippen LogP contribution < -0.4 is 11.5 Å². The lowest BCUT2D eigenvalue weighted by Crippen LogP contribution is -2.33. The van der Waals surface area contributed by atoms with Crippen molar-refractivity contribution < 1.29 is 72.1 Å². The number of carbonyl (C=O) groups is 1. The standard InChI is InChI=1S/C19H26N8O15P2/c20-16-9-18(23-3-22-16)27(4-24-9)19-14(32)11(29)6(41-19)2-39-44(36,37)42-43(34,35)38-1-5-10(28)13(31)15(40-5)7-12(30)8(17(21)33)26-25-7/h3-6,10-11,13-15,19,28-32H,1-2H2,(H2,21,33)(H,25,26)(H,34,35)(H,36,37)(H2,20,22,23)/t5-,6+,10-,11+,13-,14+,15?,19?/m0/s1. The number of aromatic hydroxyl groups is 1. The Morgan fingerprint density at radius 2 is 1.59 bits per heavy atom. The van der Waals surface area contributed by atoms with Crippen molar-refractivity contribution in [2.75, 3.05) is 18.9 Å². The molecule has 5 rings (SSSR count). The number of H-pyrrole nitrogens is 1. The summed E-state index contributed by atoms with van der Waals surface area (Å²) in [4.78, 5) is 43.1. The van der Waals surface area contributed by atoms with E-state index in [0.29, 0.717) is 0 Å². The van der Waals surface area contributed by atoms with E-state index in [-0.39, 0.29) is 17.0 Å². The molecule has 12 N–H and O–H groups in total. The first-order valence-corrected chi connectivity index (χ1v) is 15.3. The number of phosphoric acid groups is 2. The molecule has 3 aromatic heterocycles. The van der Waals surface area contributed by atoms with Crippen molar-refractivity contribution in [3.05, 3.63) is 24.0 Å². The third kappa shape index (κ3) is 6.19. The molecule has 23 nitrogen and oxygen atoms in total. The van der Waals surface area contributed by atoms with Gasteiger partial charge in [-0.15, -0.1) is 0 Å². The summed E-state index contributed by atoms with van der Waals surface area (Å²) in [5.74, 6) is -1.81. The Labute approximate surface area is 244 Å². The number of nitrogens with one attached hydrogen (secondary N) is 1. The topological polar surface area (TPSA) is 363 Å². The zero-order valence-corrected chi connectivity index (χ0v) is 23.7. The molecule has 0 aromatic carbocycles. The number of hydrogen-bond donors (Lipinski definition) is 10. The maximum atomic E-state index is 12.4. The summed E-state index contributed by atoms with van der Waals surface area (Å²) >= 11 is 0. The summed E-state index contributed by atoms with van der Waals surface area (Å²) < 4.78 is 50.4. The number of aromatic amines is 1. The van der Waals surface area contributed by atoms with Gasteiger partial charge in [-0.25, -0.2) is 24.1 Å². The van der Waals surface area contributed by atoms with Gasteiger partial charge >= 0.3 is 15.6 Å². The van der Waals surface area contributed by atoms with Crippen molar-refractivity contribution in [2.45, 2.75) is 49.0 Å². The number of phosphoric ester groups is 2. The van der Waals surface area contributed by atoms with Crippen LogP contribution in [0.2, 0.25) is 0 Å². The molecule has 0 saturated carbocycles. The molecule has 3 aromatic rings. The Bertz CT molecular complexity index is 1640. The number of nitrogens with zero attached hydrogens (tertiary/aromatic N) is 5. The van der Waals surface area contributed by atoms with E-state index in [4.69, 9.17) is 20.9 Å². The van der Waals surface area contributed by atoms with E-state index in [1.807, 2.05) is 0 Å². The number of rotatable bonds is 11. The average molecular weight is 668 g/mol. The second-order valence-corrected chi connectivity index (χ2v) is 12.6. The van der Waals surface area contributed by atoms with E-state index in [1.165, 1.54) is 10.9 Å². The Hall–Kier alpha value is -3.15. The molecule has 4 unspecified atom stereocenters. The molecule has 242 valence electrons. The number of primary amides is 1. The number of anilines is 1. The highest BCUT2D eigenvalue weighted by Crippen LogP contribution is 2.61. The molecule has 2 aliphatic heterocycles. The number of aliphatic hydroxyl groups excluding tert-OH is 4. The van der Waals surface area contributed by atoms with E-state index in [2.05, 4.69) is 38.5 Å². The van der Waals surface area contributed by atoms with Crippen molar-refractivity contribution >= 4 is 38.5 Å². The van der Waals surface area contributed by atoms with E-state index in [1.54, 1.807) is 0 Å². The second-order valence-electron chi connectivity index (χ2n) is 9.51. The third-order valence-electron chi connectivity index (χ3n) is 6.65. The van der Waals surface area contributed by atoms with Crippen LogP contribution in [0.15, 0.2) is 12.7 Å². The predicted octanol–water partition coefficient (Wildman–Crippen LogP) is -3.33. The maximum Gasteiger partial charge on any atom is 0.481 e. The van der Waals surface area contributed by atoms with E-state index < -0.39 is 101 Å². The molecular formula is C19H26N8O15P2. The summed E-state index contributed by atoms with van der Waals surface area (Å²) in [6.45, 7) is -1.92. The number of aliphatic hydroxyl groups is 4. The number of carbonyl (C=O) groups excluding carboxylic acids is 1. The van der Waals surface area contributed by atoms with E-state index >= 15 is 0 Å². The van der Waals surface area contributed by atoms with Gasteiger partial charge in [0.15, 0.2) is 29.1 Å². The van der Waals surface area contributed by atoms with Crippen LogP contribution in [0, 0.1) is 0 Å². The first kappa shape index (κ1) is 32.2. The molecule has 25 heteroatoms. The summed E-state index contributed by atoms with van der Waals surface area (Å²) in [7, 11) is -10.8.